The van der Waals surface area contributed by atoms with E-state index >= 15 is 0 Å². The number of benzene rings is 3. The molecule has 0 saturated heterocycles. The molecule has 2 aliphatic rings. The Morgan fingerprint density at radius 2 is 1.40 bits per heavy atom. The fourth-order valence-corrected chi connectivity index (χ4v) is 9.21. The number of nitrogens with one attached hydrogen (secondary N) is 1. The second-order valence-electron chi connectivity index (χ2n) is 11.3. The number of fused-ring (bicyclic) bond motifs is 3. The molecule has 2 aliphatic carbocycles. The molecule has 47 heavy (non-hydrogen) atoms. The molecule has 6 nitrogen and oxygen atoms in total. The lowest BCUT2D eigenvalue weighted by Gasteiger charge is -2.43. The summed E-state index contributed by atoms with van der Waals surface area (Å²) in [5.74, 6) is -7.39. The lowest BCUT2D eigenvalue weighted by molar-refractivity contribution is -0.348. The van der Waals surface area contributed by atoms with Crippen molar-refractivity contribution in [1.29, 1.82) is 0 Å². The first-order valence-corrected chi connectivity index (χ1v) is 15.2. The number of hydrogen-bond acceptors (Lipinski definition) is 4. The van der Waals surface area contributed by atoms with Crippen molar-refractivity contribution in [2.24, 2.45) is 11.7 Å². The smallest absolute Gasteiger partial charge is 0.365 e. The fraction of sp³-hybridized carbons (Fsp3) is 0.333. The zero-order valence-corrected chi connectivity index (χ0v) is 24.4. The SMILES string of the molecule is NC(=O)c1c(F)cc(C(=O)N[C@@H]2CC[C@@]3(S(=O)(=O)c4ccc(F)cc4)c4ccc(C(F)(C(F)(F)F)C(F)(F)F)cc4CC[C@@H]23)cc1F. The molecule has 252 valence electrons. The van der Waals surface area contributed by atoms with Gasteiger partial charge in [0.2, 0.25) is 0 Å². The van der Waals surface area contributed by atoms with Gasteiger partial charge in [-0.3, -0.25) is 9.59 Å². The number of aryl methyl sites for hydroxylation is 1. The van der Waals surface area contributed by atoms with Gasteiger partial charge >= 0.3 is 18.0 Å². The van der Waals surface area contributed by atoms with Gasteiger partial charge in [0.15, 0.2) is 9.84 Å². The highest BCUT2D eigenvalue weighted by Crippen LogP contribution is 2.59. The van der Waals surface area contributed by atoms with E-state index in [1.165, 1.54) is 0 Å². The van der Waals surface area contributed by atoms with Crippen LogP contribution in [0.3, 0.4) is 0 Å². The van der Waals surface area contributed by atoms with Crippen LogP contribution in [-0.4, -0.2) is 38.6 Å². The molecule has 2 amide bonds. The maximum Gasteiger partial charge on any atom is 0.435 e. The average molecular weight is 697 g/mol. The molecule has 1 saturated carbocycles. The number of primary amides is 1. The molecule has 0 aliphatic heterocycles. The number of sulfone groups is 1. The van der Waals surface area contributed by atoms with Crippen molar-refractivity contribution in [1.82, 2.24) is 5.32 Å². The first-order valence-electron chi connectivity index (χ1n) is 13.7. The van der Waals surface area contributed by atoms with Crippen LogP contribution in [0, 0.1) is 23.4 Å². The van der Waals surface area contributed by atoms with Gasteiger partial charge in [0.1, 0.15) is 27.8 Å². The Hall–Kier alpha value is -4.15. The van der Waals surface area contributed by atoms with Crippen LogP contribution >= 0.6 is 0 Å². The first kappa shape index (κ1) is 34.2. The number of alkyl halides is 7. The highest BCUT2D eigenvalue weighted by Gasteiger charge is 2.73. The predicted octanol–water partition coefficient (Wildman–Crippen LogP) is 6.32. The third-order valence-corrected chi connectivity index (χ3v) is 11.4. The third kappa shape index (κ3) is 5.22. The van der Waals surface area contributed by atoms with Crippen molar-refractivity contribution in [3.8, 4) is 0 Å². The highest BCUT2D eigenvalue weighted by molar-refractivity contribution is 7.92. The highest BCUT2D eigenvalue weighted by atomic mass is 32.2. The minimum atomic E-state index is -6.42. The van der Waals surface area contributed by atoms with E-state index in [0.717, 1.165) is 24.3 Å². The van der Waals surface area contributed by atoms with E-state index in [0.29, 0.717) is 24.3 Å². The van der Waals surface area contributed by atoms with Crippen LogP contribution in [0.15, 0.2) is 59.5 Å². The number of carbonyl (C=O) groups excluding carboxylic acids is 2. The summed E-state index contributed by atoms with van der Waals surface area (Å²) in [4.78, 5) is 24.0. The normalized spacial score (nSPS) is 21.6. The molecule has 17 heteroatoms. The molecule has 3 aromatic carbocycles. The predicted molar refractivity (Wildman–Crippen MR) is 144 cm³/mol. The second kappa shape index (κ2) is 11.2. The zero-order chi connectivity index (χ0) is 34.9. The Morgan fingerprint density at radius 3 is 1.94 bits per heavy atom. The van der Waals surface area contributed by atoms with Crippen molar-refractivity contribution in [3.05, 3.63) is 99.9 Å². The van der Waals surface area contributed by atoms with E-state index < -0.39 is 95.4 Å². The van der Waals surface area contributed by atoms with Gasteiger partial charge in [0.25, 0.3) is 11.8 Å². The van der Waals surface area contributed by atoms with Gasteiger partial charge in [-0.05, 0) is 73.2 Å². The van der Waals surface area contributed by atoms with Crippen LogP contribution < -0.4 is 11.1 Å². The van der Waals surface area contributed by atoms with Crippen molar-refractivity contribution in [3.63, 3.8) is 0 Å². The van der Waals surface area contributed by atoms with Crippen LogP contribution in [-0.2, 0) is 26.7 Å². The Labute approximate surface area is 259 Å². The molecule has 0 spiro atoms. The van der Waals surface area contributed by atoms with E-state index in [2.05, 4.69) is 5.32 Å². The summed E-state index contributed by atoms with van der Waals surface area (Å²) >= 11 is 0. The summed E-state index contributed by atoms with van der Waals surface area (Å²) in [6.45, 7) is 0. The minimum Gasteiger partial charge on any atom is -0.365 e. The molecule has 0 aromatic heterocycles. The van der Waals surface area contributed by atoms with E-state index in [9.17, 15) is 61.9 Å². The molecular weight excluding hydrogens is 674 g/mol. The Bertz CT molecular complexity index is 1840. The minimum absolute atomic E-state index is 0.152. The van der Waals surface area contributed by atoms with Crippen LogP contribution in [0.1, 0.15) is 56.7 Å². The summed E-state index contributed by atoms with van der Waals surface area (Å²) in [6.07, 6.45) is -14.0. The first-order chi connectivity index (χ1) is 21.7. The third-order valence-electron chi connectivity index (χ3n) is 8.85. The van der Waals surface area contributed by atoms with Crippen molar-refractivity contribution in [2.45, 2.75) is 59.4 Å². The van der Waals surface area contributed by atoms with Crippen LogP contribution in [0.5, 0.6) is 0 Å². The number of halogens is 10. The van der Waals surface area contributed by atoms with Gasteiger partial charge in [0.05, 0.1) is 4.90 Å². The number of amides is 2. The van der Waals surface area contributed by atoms with Crippen LogP contribution in [0.2, 0.25) is 0 Å². The standard InChI is InChI=1S/C30H22F10N2O4S/c31-17-3-5-18(6-4-17)47(45,46)27-10-9-23(42-26(44)15-12-21(32)24(25(41)43)22(33)13-15)20(27)7-1-14-11-16(2-8-19(14)27)28(34,29(35,36)37)30(38,39)40/h2-6,8,11-13,20,23H,1,7,9-10H2,(H2,41,43)(H,42,44)/t20-,23+,27+/m0/s1. The lowest BCUT2D eigenvalue weighted by atomic mass is 9.74. The van der Waals surface area contributed by atoms with Crippen LogP contribution in [0.4, 0.5) is 43.9 Å². The molecule has 0 unspecified atom stereocenters. The molecule has 0 radical (unpaired) electrons. The topological polar surface area (TPSA) is 106 Å². The largest absolute Gasteiger partial charge is 0.435 e. The van der Waals surface area contributed by atoms with Gasteiger partial charge < -0.3 is 11.1 Å². The fourth-order valence-electron chi connectivity index (χ4n) is 6.74. The lowest BCUT2D eigenvalue weighted by Crippen LogP contribution is -2.51. The van der Waals surface area contributed by atoms with E-state index in [-0.39, 0.29) is 42.9 Å². The molecular formula is C30H22F10N2O4S. The Balaban J connectivity index is 1.62. The number of hydrogen-bond donors (Lipinski definition) is 2. The molecule has 1 fully saturated rings. The van der Waals surface area contributed by atoms with E-state index in [1.54, 1.807) is 0 Å². The van der Waals surface area contributed by atoms with Gasteiger partial charge in [-0.15, -0.1) is 0 Å². The molecule has 3 atom stereocenters. The van der Waals surface area contributed by atoms with Gasteiger partial charge in [-0.1, -0.05) is 18.2 Å². The molecule has 0 bridgehead atoms. The van der Waals surface area contributed by atoms with Gasteiger partial charge in [-0.25, -0.2) is 26.0 Å². The van der Waals surface area contributed by atoms with Gasteiger partial charge in [-0.2, -0.15) is 26.3 Å². The maximum absolute atomic E-state index is 15.0. The van der Waals surface area contributed by atoms with Gasteiger partial charge in [0, 0.05) is 23.1 Å². The molecule has 3 N–H and O–H groups in total. The van der Waals surface area contributed by atoms with E-state index in [4.69, 9.17) is 5.73 Å². The summed E-state index contributed by atoms with van der Waals surface area (Å²) in [5, 5.41) is 2.49. The van der Waals surface area contributed by atoms with E-state index in [1.807, 2.05) is 0 Å². The monoisotopic (exact) mass is 696 g/mol. The number of nitrogens with two attached hydrogens (primary N) is 1. The van der Waals surface area contributed by atoms with Crippen molar-refractivity contribution >= 4 is 21.7 Å². The molecule has 3 aromatic rings. The van der Waals surface area contributed by atoms with Crippen molar-refractivity contribution in [2.75, 3.05) is 0 Å². The summed E-state index contributed by atoms with van der Waals surface area (Å²) in [7, 11) is -4.69. The Kier molecular flexibility index (Phi) is 8.17. The zero-order valence-electron chi connectivity index (χ0n) is 23.6. The Morgan fingerprint density at radius 1 is 0.830 bits per heavy atom. The second-order valence-corrected chi connectivity index (χ2v) is 13.5. The number of rotatable bonds is 6. The molecule has 0 heterocycles. The van der Waals surface area contributed by atoms with Crippen LogP contribution in [0.25, 0.3) is 0 Å². The average Bonchev–Trinajstić information content (AvgIpc) is 3.35. The molecule has 5 rings (SSSR count). The summed E-state index contributed by atoms with van der Waals surface area (Å²) in [6, 6.07) is 4.66. The number of carbonyl (C=O) groups is 2. The quantitative estimate of drug-likeness (QED) is 0.233. The maximum atomic E-state index is 15.0. The summed E-state index contributed by atoms with van der Waals surface area (Å²) < 4.78 is 165. The van der Waals surface area contributed by atoms with Crippen molar-refractivity contribution < 1.29 is 61.9 Å². The summed E-state index contributed by atoms with van der Waals surface area (Å²) in [5.41, 5.74) is -4.93.